The minimum absolute atomic E-state index is 0.180. The topological polar surface area (TPSA) is 112 Å². The first-order chi connectivity index (χ1) is 13.1. The number of unbranched alkanes of at least 4 members (excludes halogenated alkanes) is 3. The number of sulfonamides is 1. The lowest BCUT2D eigenvalue weighted by molar-refractivity contribution is 0.573. The fourth-order valence-electron chi connectivity index (χ4n) is 2.57. The number of aromatic nitrogens is 3. The van der Waals surface area contributed by atoms with Crippen LogP contribution in [0.15, 0.2) is 41.6 Å². The number of hydrogen-bond acceptors (Lipinski definition) is 7. The molecule has 0 saturated heterocycles. The van der Waals surface area contributed by atoms with Crippen LogP contribution in [-0.2, 0) is 10.0 Å². The molecule has 2 N–H and O–H groups in total. The molecule has 0 aliphatic rings. The van der Waals surface area contributed by atoms with E-state index >= 15 is 0 Å². The first kappa shape index (κ1) is 19.3. The molecule has 0 fully saturated rings. The monoisotopic (exact) mass is 404 g/mol. The summed E-state index contributed by atoms with van der Waals surface area (Å²) in [6, 6.07) is 7.87. The number of nitrogens with one attached hydrogen (secondary N) is 2. The van der Waals surface area contributed by atoms with Crippen LogP contribution in [0.2, 0.25) is 0 Å². The highest BCUT2D eigenvalue weighted by Gasteiger charge is 2.12. The molecule has 2 heterocycles. The van der Waals surface area contributed by atoms with E-state index < -0.39 is 10.0 Å². The predicted molar refractivity (Wildman–Crippen MR) is 104 cm³/mol. The third-order valence-corrected chi connectivity index (χ3v) is 6.23. The standard InChI is InChI=1S/C17H20N6O2S2/c18-13-14-5-7-15(8-6-14)27(24,25)21-10-4-2-1-3-9-19-16-22-26-17-20-11-12-23(16)17/h5-8,11-12,21H,1-4,9-10H2,(H,19,22). The van der Waals surface area contributed by atoms with E-state index in [1.54, 1.807) is 6.20 Å². The molecule has 0 atom stereocenters. The Morgan fingerprint density at radius 2 is 1.85 bits per heavy atom. The van der Waals surface area contributed by atoms with Crippen molar-refractivity contribution >= 4 is 32.5 Å². The van der Waals surface area contributed by atoms with Crippen molar-refractivity contribution in [3.8, 4) is 6.07 Å². The molecular weight excluding hydrogens is 384 g/mol. The second-order valence-electron chi connectivity index (χ2n) is 5.96. The summed E-state index contributed by atoms with van der Waals surface area (Å²) in [7, 11) is -3.52. The largest absolute Gasteiger partial charge is 0.355 e. The summed E-state index contributed by atoms with van der Waals surface area (Å²) in [4.78, 5) is 5.22. The zero-order chi connectivity index (χ0) is 19.1. The van der Waals surface area contributed by atoms with Crippen molar-refractivity contribution in [3.63, 3.8) is 0 Å². The number of nitriles is 1. The zero-order valence-electron chi connectivity index (χ0n) is 14.6. The Kier molecular flexibility index (Phi) is 6.39. The summed E-state index contributed by atoms with van der Waals surface area (Å²) in [5.41, 5.74) is 0.439. The SMILES string of the molecule is N#Cc1ccc(S(=O)(=O)NCCCCCCNc2nsc3nccn23)cc1. The highest BCUT2D eigenvalue weighted by Crippen LogP contribution is 2.14. The third-order valence-electron chi connectivity index (χ3n) is 4.02. The fraction of sp³-hybridized carbons (Fsp3) is 0.353. The van der Waals surface area contributed by atoms with E-state index in [2.05, 4.69) is 19.4 Å². The van der Waals surface area contributed by atoms with Crippen molar-refractivity contribution in [1.29, 1.82) is 5.26 Å². The zero-order valence-corrected chi connectivity index (χ0v) is 16.3. The molecule has 142 valence electrons. The molecule has 0 aliphatic heterocycles. The first-order valence-corrected chi connectivity index (χ1v) is 10.9. The smallest absolute Gasteiger partial charge is 0.240 e. The van der Waals surface area contributed by atoms with Crippen LogP contribution in [0.3, 0.4) is 0 Å². The van der Waals surface area contributed by atoms with E-state index in [4.69, 9.17) is 5.26 Å². The molecule has 1 aromatic carbocycles. The highest BCUT2D eigenvalue weighted by molar-refractivity contribution is 7.89. The second kappa shape index (κ2) is 8.94. The molecule has 2 aromatic heterocycles. The maximum Gasteiger partial charge on any atom is 0.240 e. The van der Waals surface area contributed by atoms with Gasteiger partial charge in [-0.2, -0.15) is 9.64 Å². The van der Waals surface area contributed by atoms with Crippen molar-refractivity contribution in [3.05, 3.63) is 42.2 Å². The summed E-state index contributed by atoms with van der Waals surface area (Å²) in [5.74, 6) is 0.808. The summed E-state index contributed by atoms with van der Waals surface area (Å²) in [5, 5.41) is 12.0. The minimum atomic E-state index is -3.52. The van der Waals surface area contributed by atoms with Gasteiger partial charge >= 0.3 is 0 Å². The molecule has 0 aliphatic carbocycles. The van der Waals surface area contributed by atoms with Gasteiger partial charge in [0.2, 0.25) is 20.9 Å². The van der Waals surface area contributed by atoms with Gasteiger partial charge in [-0.15, -0.1) is 0 Å². The Morgan fingerprint density at radius 1 is 1.11 bits per heavy atom. The van der Waals surface area contributed by atoms with Crippen molar-refractivity contribution in [2.24, 2.45) is 0 Å². The highest BCUT2D eigenvalue weighted by atomic mass is 32.2. The Balaban J connectivity index is 1.31. The number of imidazole rings is 1. The van der Waals surface area contributed by atoms with Crippen molar-refractivity contribution in [2.45, 2.75) is 30.6 Å². The molecular formula is C17H20N6O2S2. The molecule has 27 heavy (non-hydrogen) atoms. The molecule has 0 saturated carbocycles. The maximum absolute atomic E-state index is 12.2. The fourth-order valence-corrected chi connectivity index (χ4v) is 4.30. The number of benzene rings is 1. The quantitative estimate of drug-likeness (QED) is 0.502. The van der Waals surface area contributed by atoms with Gasteiger partial charge in [-0.25, -0.2) is 18.1 Å². The molecule has 0 unspecified atom stereocenters. The maximum atomic E-state index is 12.2. The second-order valence-corrected chi connectivity index (χ2v) is 8.46. The average molecular weight is 405 g/mol. The van der Waals surface area contributed by atoms with E-state index in [0.717, 1.165) is 43.1 Å². The van der Waals surface area contributed by atoms with E-state index in [9.17, 15) is 8.42 Å². The summed E-state index contributed by atoms with van der Waals surface area (Å²) >= 11 is 1.36. The lowest BCUT2D eigenvalue weighted by atomic mass is 10.2. The van der Waals surface area contributed by atoms with Gasteiger partial charge in [0.1, 0.15) is 0 Å². The van der Waals surface area contributed by atoms with E-state index in [-0.39, 0.29) is 4.90 Å². The van der Waals surface area contributed by atoms with Crippen LogP contribution in [0.4, 0.5) is 5.95 Å². The van der Waals surface area contributed by atoms with Crippen LogP contribution in [-0.4, -0.2) is 35.3 Å². The van der Waals surface area contributed by atoms with Gasteiger partial charge in [0, 0.05) is 37.0 Å². The van der Waals surface area contributed by atoms with Gasteiger partial charge in [-0.3, -0.25) is 4.40 Å². The van der Waals surface area contributed by atoms with Gasteiger partial charge in [0.25, 0.3) is 0 Å². The Morgan fingerprint density at radius 3 is 2.59 bits per heavy atom. The normalized spacial score (nSPS) is 11.5. The van der Waals surface area contributed by atoms with Gasteiger partial charge in [-0.05, 0) is 37.1 Å². The molecule has 0 bridgehead atoms. The van der Waals surface area contributed by atoms with Gasteiger partial charge < -0.3 is 5.32 Å². The van der Waals surface area contributed by atoms with Crippen molar-refractivity contribution in [2.75, 3.05) is 18.4 Å². The van der Waals surface area contributed by atoms with E-state index in [1.807, 2.05) is 16.7 Å². The van der Waals surface area contributed by atoms with Crippen molar-refractivity contribution in [1.82, 2.24) is 18.5 Å². The molecule has 0 spiro atoms. The van der Waals surface area contributed by atoms with Gasteiger partial charge in [0.15, 0.2) is 0 Å². The Hall–Kier alpha value is -2.48. The average Bonchev–Trinajstić information content (AvgIpc) is 3.28. The van der Waals surface area contributed by atoms with Gasteiger partial charge in [-0.1, -0.05) is 12.8 Å². The number of rotatable bonds is 10. The molecule has 0 radical (unpaired) electrons. The number of hydrogen-bond donors (Lipinski definition) is 2. The summed E-state index contributed by atoms with van der Waals surface area (Å²) in [6.45, 7) is 1.21. The third kappa shape index (κ3) is 5.03. The van der Waals surface area contributed by atoms with Crippen LogP contribution < -0.4 is 10.0 Å². The van der Waals surface area contributed by atoms with Crippen LogP contribution >= 0.6 is 11.5 Å². The summed E-state index contributed by atoms with van der Waals surface area (Å²) < 4.78 is 33.2. The number of anilines is 1. The van der Waals surface area contributed by atoms with E-state index in [0.29, 0.717) is 12.1 Å². The van der Waals surface area contributed by atoms with E-state index in [1.165, 1.54) is 35.8 Å². The van der Waals surface area contributed by atoms with Crippen molar-refractivity contribution < 1.29 is 8.42 Å². The first-order valence-electron chi connectivity index (χ1n) is 8.62. The lowest BCUT2D eigenvalue weighted by Crippen LogP contribution is -2.24. The molecule has 3 rings (SSSR count). The van der Waals surface area contributed by atoms with Gasteiger partial charge in [0.05, 0.1) is 16.5 Å². The Bertz CT molecular complexity index is 1020. The molecule has 8 nitrogen and oxygen atoms in total. The molecule has 3 aromatic rings. The van der Waals surface area contributed by atoms with Crippen LogP contribution in [0.5, 0.6) is 0 Å². The molecule has 0 amide bonds. The molecule has 10 heteroatoms. The number of fused-ring (bicyclic) bond motifs is 1. The van der Waals surface area contributed by atoms with Crippen LogP contribution in [0.1, 0.15) is 31.2 Å². The predicted octanol–water partition coefficient (Wildman–Crippen LogP) is 2.61. The van der Waals surface area contributed by atoms with Crippen LogP contribution in [0, 0.1) is 11.3 Å². The number of nitrogens with zero attached hydrogens (tertiary/aromatic N) is 4. The summed E-state index contributed by atoms with van der Waals surface area (Å²) in [6.07, 6.45) is 7.32. The Labute approximate surface area is 162 Å². The minimum Gasteiger partial charge on any atom is -0.355 e. The lowest BCUT2D eigenvalue weighted by Gasteiger charge is -2.07. The van der Waals surface area contributed by atoms with Crippen LogP contribution in [0.25, 0.3) is 4.96 Å².